The van der Waals surface area contributed by atoms with Gasteiger partial charge in [-0.3, -0.25) is 0 Å². The first-order valence-corrected chi connectivity index (χ1v) is 5.37. The summed E-state index contributed by atoms with van der Waals surface area (Å²) in [7, 11) is 3.11. The lowest BCUT2D eigenvalue weighted by atomic mass is 10.1. The average Bonchev–Trinajstić information content (AvgIpc) is 2.28. The summed E-state index contributed by atoms with van der Waals surface area (Å²) >= 11 is 0. The molecule has 0 saturated heterocycles. The molecule has 17 heavy (non-hydrogen) atoms. The van der Waals surface area contributed by atoms with E-state index in [1.165, 1.54) is 12.1 Å². The monoisotopic (exact) mass is 245 g/mol. The van der Waals surface area contributed by atoms with Gasteiger partial charge in [-0.05, 0) is 30.7 Å². The number of nitrogens with one attached hydrogen (secondary N) is 1. The second-order valence-corrected chi connectivity index (χ2v) is 3.63. The molecule has 0 aromatic heterocycles. The largest absolute Gasteiger partial charge is 0.355 e. The van der Waals surface area contributed by atoms with Crippen LogP contribution < -0.4 is 5.32 Å². The SMILES string of the molecule is COC(CNCCc1cc(F)cc(F)c1)OC. The maximum atomic E-state index is 12.9. The summed E-state index contributed by atoms with van der Waals surface area (Å²) in [5, 5.41) is 3.08. The highest BCUT2D eigenvalue weighted by Crippen LogP contribution is 2.08. The first kappa shape index (κ1) is 14.0. The minimum atomic E-state index is -0.549. The van der Waals surface area contributed by atoms with Crippen molar-refractivity contribution in [2.24, 2.45) is 0 Å². The molecule has 0 heterocycles. The van der Waals surface area contributed by atoms with E-state index in [0.29, 0.717) is 25.1 Å². The Kier molecular flexibility index (Phi) is 6.04. The Hall–Kier alpha value is -1.04. The Balaban J connectivity index is 2.31. The van der Waals surface area contributed by atoms with Gasteiger partial charge in [0.15, 0.2) is 6.29 Å². The van der Waals surface area contributed by atoms with Crippen LogP contribution >= 0.6 is 0 Å². The van der Waals surface area contributed by atoms with Crippen molar-refractivity contribution >= 4 is 0 Å². The molecule has 0 aliphatic heterocycles. The fraction of sp³-hybridized carbons (Fsp3) is 0.500. The summed E-state index contributed by atoms with van der Waals surface area (Å²) in [5.74, 6) is -1.10. The third-order valence-corrected chi connectivity index (χ3v) is 2.35. The molecule has 0 amide bonds. The van der Waals surface area contributed by atoms with E-state index in [9.17, 15) is 8.78 Å². The Morgan fingerprint density at radius 1 is 1.12 bits per heavy atom. The Morgan fingerprint density at radius 3 is 2.24 bits per heavy atom. The molecule has 0 atom stereocenters. The van der Waals surface area contributed by atoms with Gasteiger partial charge in [0.05, 0.1) is 0 Å². The third kappa shape index (κ3) is 5.21. The van der Waals surface area contributed by atoms with Crippen molar-refractivity contribution in [1.29, 1.82) is 0 Å². The quantitative estimate of drug-likeness (QED) is 0.586. The van der Waals surface area contributed by atoms with E-state index in [4.69, 9.17) is 9.47 Å². The number of hydrogen-bond acceptors (Lipinski definition) is 3. The van der Waals surface area contributed by atoms with Gasteiger partial charge in [-0.15, -0.1) is 0 Å². The van der Waals surface area contributed by atoms with E-state index in [0.717, 1.165) is 6.07 Å². The van der Waals surface area contributed by atoms with Crippen molar-refractivity contribution in [2.75, 3.05) is 27.3 Å². The number of ether oxygens (including phenoxy) is 2. The van der Waals surface area contributed by atoms with E-state index in [-0.39, 0.29) is 6.29 Å². The van der Waals surface area contributed by atoms with Crippen molar-refractivity contribution < 1.29 is 18.3 Å². The molecule has 3 nitrogen and oxygen atoms in total. The van der Waals surface area contributed by atoms with E-state index in [1.54, 1.807) is 14.2 Å². The molecule has 0 fully saturated rings. The maximum absolute atomic E-state index is 12.9. The molecule has 0 aliphatic carbocycles. The maximum Gasteiger partial charge on any atom is 0.169 e. The Bertz CT molecular complexity index is 323. The lowest BCUT2D eigenvalue weighted by molar-refractivity contribution is -0.0986. The minimum absolute atomic E-state index is 0.306. The van der Waals surface area contributed by atoms with Crippen LogP contribution in [0.3, 0.4) is 0 Å². The van der Waals surface area contributed by atoms with Crippen LogP contribution in [0.15, 0.2) is 18.2 Å². The van der Waals surface area contributed by atoms with Crippen molar-refractivity contribution in [3.8, 4) is 0 Å². The second-order valence-electron chi connectivity index (χ2n) is 3.63. The molecule has 0 spiro atoms. The zero-order valence-corrected chi connectivity index (χ0v) is 10.0. The zero-order chi connectivity index (χ0) is 12.7. The van der Waals surface area contributed by atoms with Crippen LogP contribution in [0.1, 0.15) is 5.56 Å². The first-order valence-electron chi connectivity index (χ1n) is 5.37. The van der Waals surface area contributed by atoms with E-state index in [2.05, 4.69) is 5.32 Å². The molecule has 5 heteroatoms. The van der Waals surface area contributed by atoms with Crippen LogP contribution in [-0.2, 0) is 15.9 Å². The first-order chi connectivity index (χ1) is 8.15. The molecule has 0 unspecified atom stereocenters. The number of halogens is 2. The van der Waals surface area contributed by atoms with Crippen LogP contribution in [0.25, 0.3) is 0 Å². The standard InChI is InChI=1S/C12H17F2NO2/c1-16-12(17-2)8-15-4-3-9-5-10(13)7-11(14)6-9/h5-7,12,15H,3-4,8H2,1-2H3. The number of benzene rings is 1. The number of hydrogen-bond donors (Lipinski definition) is 1. The Morgan fingerprint density at radius 2 is 1.71 bits per heavy atom. The Labute approximate surface area is 99.7 Å². The molecular weight excluding hydrogens is 228 g/mol. The summed E-state index contributed by atoms with van der Waals surface area (Å²) < 4.78 is 35.7. The van der Waals surface area contributed by atoms with Crippen molar-refractivity contribution in [1.82, 2.24) is 5.32 Å². The van der Waals surface area contributed by atoms with Gasteiger partial charge >= 0.3 is 0 Å². The molecule has 0 aliphatic rings. The van der Waals surface area contributed by atoms with Gasteiger partial charge in [0.1, 0.15) is 11.6 Å². The van der Waals surface area contributed by atoms with Crippen LogP contribution in [-0.4, -0.2) is 33.6 Å². The molecule has 1 aromatic rings. The van der Waals surface area contributed by atoms with Gasteiger partial charge in [0.25, 0.3) is 0 Å². The smallest absolute Gasteiger partial charge is 0.169 e. The zero-order valence-electron chi connectivity index (χ0n) is 10.0. The lowest BCUT2D eigenvalue weighted by Gasteiger charge is -2.13. The minimum Gasteiger partial charge on any atom is -0.355 e. The molecule has 96 valence electrons. The van der Waals surface area contributed by atoms with E-state index in [1.807, 2.05) is 0 Å². The summed E-state index contributed by atoms with van der Waals surface area (Å²) in [6.45, 7) is 1.14. The van der Waals surface area contributed by atoms with Gasteiger partial charge in [0.2, 0.25) is 0 Å². The fourth-order valence-corrected chi connectivity index (χ4v) is 1.47. The highest BCUT2D eigenvalue weighted by atomic mass is 19.1. The predicted molar refractivity (Wildman–Crippen MR) is 60.7 cm³/mol. The summed E-state index contributed by atoms with van der Waals surface area (Å²) in [5.41, 5.74) is 0.626. The van der Waals surface area contributed by atoms with Crippen LogP contribution in [0.4, 0.5) is 8.78 Å². The molecule has 1 aromatic carbocycles. The van der Waals surface area contributed by atoms with Crippen molar-refractivity contribution in [3.63, 3.8) is 0 Å². The summed E-state index contributed by atoms with van der Waals surface area (Å²) in [6.07, 6.45) is 0.244. The lowest BCUT2D eigenvalue weighted by Crippen LogP contribution is -2.31. The normalized spacial score (nSPS) is 11.1. The van der Waals surface area contributed by atoms with E-state index >= 15 is 0 Å². The topological polar surface area (TPSA) is 30.5 Å². The van der Waals surface area contributed by atoms with Gasteiger partial charge in [-0.2, -0.15) is 0 Å². The van der Waals surface area contributed by atoms with Gasteiger partial charge < -0.3 is 14.8 Å². The highest BCUT2D eigenvalue weighted by molar-refractivity contribution is 5.18. The summed E-state index contributed by atoms with van der Waals surface area (Å²) in [6, 6.07) is 3.52. The van der Waals surface area contributed by atoms with Crippen LogP contribution in [0.5, 0.6) is 0 Å². The molecule has 0 bridgehead atoms. The predicted octanol–water partition coefficient (Wildman–Crippen LogP) is 1.72. The van der Waals surface area contributed by atoms with Gasteiger partial charge in [0, 0.05) is 26.8 Å². The van der Waals surface area contributed by atoms with Crippen molar-refractivity contribution in [2.45, 2.75) is 12.7 Å². The summed E-state index contributed by atoms with van der Waals surface area (Å²) in [4.78, 5) is 0. The van der Waals surface area contributed by atoms with Gasteiger partial charge in [-0.25, -0.2) is 8.78 Å². The molecule has 1 N–H and O–H groups in total. The van der Waals surface area contributed by atoms with Crippen LogP contribution in [0.2, 0.25) is 0 Å². The number of rotatable bonds is 7. The molecular formula is C12H17F2NO2. The average molecular weight is 245 g/mol. The van der Waals surface area contributed by atoms with Gasteiger partial charge in [-0.1, -0.05) is 0 Å². The molecule has 0 saturated carbocycles. The third-order valence-electron chi connectivity index (χ3n) is 2.35. The van der Waals surface area contributed by atoms with Crippen molar-refractivity contribution in [3.05, 3.63) is 35.4 Å². The highest BCUT2D eigenvalue weighted by Gasteiger charge is 2.04. The van der Waals surface area contributed by atoms with Crippen LogP contribution in [0, 0.1) is 11.6 Å². The fourth-order valence-electron chi connectivity index (χ4n) is 1.47. The van der Waals surface area contributed by atoms with E-state index < -0.39 is 11.6 Å². The number of methoxy groups -OCH3 is 2. The molecule has 1 rings (SSSR count). The molecule has 0 radical (unpaired) electrons. The second kappa shape index (κ2) is 7.32.